The quantitative estimate of drug-likeness (QED) is 0.179. The number of nitrogens with zero attached hydrogens (tertiary/aromatic N) is 3. The van der Waals surface area contributed by atoms with Crippen LogP contribution in [0.3, 0.4) is 0 Å². The molecular weight excluding hydrogens is 854 g/mol. The zero-order valence-electron chi connectivity index (χ0n) is 35.7. The third-order valence-electron chi connectivity index (χ3n) is 10.6. The second-order valence-corrected chi connectivity index (χ2v) is 20.3. The molecule has 1 N–H and O–H groups in total. The molecule has 6 rings (SSSR count). The third-order valence-corrected chi connectivity index (χ3v) is 10.6. The Morgan fingerprint density at radius 3 is 1.62 bits per heavy atom. The van der Waals surface area contributed by atoms with Crippen molar-refractivity contribution in [2.45, 2.75) is 131 Å². The van der Waals surface area contributed by atoms with Gasteiger partial charge < -0.3 is 5.11 Å². The minimum atomic E-state index is -0.294. The maximum atomic E-state index is 12.3. The van der Waals surface area contributed by atoms with Gasteiger partial charge in [0.15, 0.2) is 0 Å². The first-order valence-corrected chi connectivity index (χ1v) is 19.4. The summed E-state index contributed by atoms with van der Waals surface area (Å²) in [4.78, 5) is 10.3. The molecule has 0 aliphatic heterocycles. The summed E-state index contributed by atoms with van der Waals surface area (Å²) in [6.07, 6.45) is 1.84. The number of aromatic hydroxyl groups is 1. The number of fused-ring (bicyclic) bond motifs is 1. The standard InChI is InChI=1S/C50H60N3O.Pt/c1-46(2,3)33-24-31(23-32(25-33)41-20-16-17-22-51-41)38-19-18-21-42-43(38)52-45(39-29-36(49(10,11)12)30-40(44(39)54)50(13,14)15)53(42)37-27-34(47(4,5)6)26-35(28-37)48(7,8)9;/h16-22,24-30,54H,1-15H3;/q-1;. The number of imidazole rings is 1. The van der Waals surface area contributed by atoms with E-state index in [1.807, 2.05) is 24.4 Å². The first-order chi connectivity index (χ1) is 24.8. The van der Waals surface area contributed by atoms with Gasteiger partial charge in [0.1, 0.15) is 11.6 Å². The Bertz CT molecular complexity index is 2320. The molecule has 0 spiro atoms. The average molecular weight is 914 g/mol. The van der Waals surface area contributed by atoms with Crippen molar-refractivity contribution < 1.29 is 26.2 Å². The Labute approximate surface area is 345 Å². The molecule has 2 heterocycles. The molecule has 0 fully saturated rings. The van der Waals surface area contributed by atoms with Crippen LogP contribution in [0.15, 0.2) is 85.1 Å². The molecule has 0 amide bonds. The van der Waals surface area contributed by atoms with Crippen molar-refractivity contribution in [2.24, 2.45) is 0 Å². The normalized spacial score (nSPS) is 12.9. The van der Waals surface area contributed by atoms with E-state index in [4.69, 9.17) is 9.97 Å². The summed E-state index contributed by atoms with van der Waals surface area (Å²) in [5, 5.41) is 12.3. The predicted octanol–water partition coefficient (Wildman–Crippen LogP) is 13.4. The van der Waals surface area contributed by atoms with Gasteiger partial charge in [-0.2, -0.15) is 0 Å². The van der Waals surface area contributed by atoms with Crippen molar-refractivity contribution in [3.8, 4) is 45.2 Å². The van der Waals surface area contributed by atoms with Gasteiger partial charge in [0.2, 0.25) is 0 Å². The van der Waals surface area contributed by atoms with E-state index in [1.54, 1.807) is 0 Å². The molecule has 0 saturated carbocycles. The molecule has 0 unspecified atom stereocenters. The van der Waals surface area contributed by atoms with E-state index in [0.717, 1.165) is 61.6 Å². The summed E-state index contributed by atoms with van der Waals surface area (Å²) in [6.45, 7) is 33.6. The number of para-hydroxylation sites is 1. The molecule has 55 heavy (non-hydrogen) atoms. The van der Waals surface area contributed by atoms with Gasteiger partial charge in [0.25, 0.3) is 0 Å². The number of aromatic nitrogens is 3. The predicted molar refractivity (Wildman–Crippen MR) is 229 cm³/mol. The first-order valence-electron chi connectivity index (χ1n) is 19.4. The molecule has 4 nitrogen and oxygen atoms in total. The molecule has 5 heteroatoms. The van der Waals surface area contributed by atoms with E-state index in [9.17, 15) is 5.11 Å². The van der Waals surface area contributed by atoms with E-state index in [1.165, 1.54) is 16.7 Å². The number of rotatable bonds is 4. The van der Waals surface area contributed by atoms with Gasteiger partial charge >= 0.3 is 0 Å². The molecule has 0 radical (unpaired) electrons. The van der Waals surface area contributed by atoms with Crippen LogP contribution in [0.25, 0.3) is 50.5 Å². The van der Waals surface area contributed by atoms with Crippen LogP contribution in [0.5, 0.6) is 5.75 Å². The van der Waals surface area contributed by atoms with E-state index in [-0.39, 0.29) is 53.9 Å². The summed E-state index contributed by atoms with van der Waals surface area (Å²) in [6, 6.07) is 32.0. The van der Waals surface area contributed by atoms with E-state index >= 15 is 0 Å². The van der Waals surface area contributed by atoms with Gasteiger partial charge in [-0.25, -0.2) is 4.98 Å². The van der Waals surface area contributed by atoms with Crippen molar-refractivity contribution in [1.29, 1.82) is 0 Å². The largest absolute Gasteiger partial charge is 0.507 e. The number of benzene rings is 4. The van der Waals surface area contributed by atoms with Crippen molar-refractivity contribution in [3.05, 3.63) is 119 Å². The minimum Gasteiger partial charge on any atom is -0.507 e. The van der Waals surface area contributed by atoms with Crippen LogP contribution in [-0.2, 0) is 48.1 Å². The van der Waals surface area contributed by atoms with Gasteiger partial charge in [-0.15, -0.1) is 29.3 Å². The molecule has 0 saturated heterocycles. The maximum absolute atomic E-state index is 12.3. The van der Waals surface area contributed by atoms with Gasteiger partial charge in [-0.05, 0) is 74.1 Å². The van der Waals surface area contributed by atoms with Gasteiger partial charge in [0.05, 0.1) is 16.6 Å². The van der Waals surface area contributed by atoms with Gasteiger partial charge in [-0.1, -0.05) is 151 Å². The molecule has 0 aliphatic carbocycles. The molecule has 4 aromatic carbocycles. The number of pyridine rings is 1. The van der Waals surface area contributed by atoms with Crippen LogP contribution in [-0.4, -0.2) is 19.6 Å². The summed E-state index contributed by atoms with van der Waals surface area (Å²) in [5.41, 5.74) is 12.4. The SMILES string of the molecule is CC(C)(C)c1cc(-c2ccccn2)[c-]c(-c2cccc3c2nc(-c2cc(C(C)(C)C)cc(C(C)(C)C)c2O)n3-c2cc(C(C)(C)C)cc(C(C)(C)C)c2)c1.[Pt]. The Kier molecular flexibility index (Phi) is 11.1. The van der Waals surface area contributed by atoms with Crippen LogP contribution >= 0.6 is 0 Å². The Morgan fingerprint density at radius 2 is 1.09 bits per heavy atom. The zero-order chi connectivity index (χ0) is 39.8. The number of phenolic OH excluding ortho intramolecular Hbond substituents is 1. The summed E-state index contributed by atoms with van der Waals surface area (Å²) in [5.74, 6) is 0.991. The Balaban J connectivity index is 0.00000580. The van der Waals surface area contributed by atoms with Gasteiger partial charge in [-0.3, -0.25) is 9.55 Å². The maximum Gasteiger partial charge on any atom is 0.148 e. The fourth-order valence-corrected chi connectivity index (χ4v) is 6.98. The average Bonchev–Trinajstić information content (AvgIpc) is 3.46. The second-order valence-electron chi connectivity index (χ2n) is 20.3. The van der Waals surface area contributed by atoms with Crippen LogP contribution in [0, 0.1) is 6.07 Å². The van der Waals surface area contributed by atoms with Gasteiger partial charge in [0, 0.05) is 44.2 Å². The van der Waals surface area contributed by atoms with E-state index in [2.05, 4.69) is 175 Å². The van der Waals surface area contributed by atoms with Crippen LogP contribution in [0.1, 0.15) is 132 Å². The molecular formula is C50H60N3OPt-. The molecule has 0 bridgehead atoms. The van der Waals surface area contributed by atoms with Crippen molar-refractivity contribution in [2.75, 3.05) is 0 Å². The van der Waals surface area contributed by atoms with Crippen LogP contribution in [0.2, 0.25) is 0 Å². The molecule has 2 aromatic heterocycles. The number of hydrogen-bond acceptors (Lipinski definition) is 3. The molecule has 0 aliphatic rings. The van der Waals surface area contributed by atoms with Crippen LogP contribution in [0.4, 0.5) is 0 Å². The van der Waals surface area contributed by atoms with Crippen LogP contribution < -0.4 is 0 Å². The van der Waals surface area contributed by atoms with Crippen molar-refractivity contribution in [3.63, 3.8) is 0 Å². The summed E-state index contributed by atoms with van der Waals surface area (Å²) < 4.78 is 2.28. The fraction of sp³-hybridized carbons (Fsp3) is 0.400. The van der Waals surface area contributed by atoms with E-state index < -0.39 is 0 Å². The third kappa shape index (κ3) is 8.56. The zero-order valence-corrected chi connectivity index (χ0v) is 38.0. The summed E-state index contributed by atoms with van der Waals surface area (Å²) >= 11 is 0. The topological polar surface area (TPSA) is 50.9 Å². The molecule has 6 aromatic rings. The molecule has 292 valence electrons. The number of hydrogen-bond donors (Lipinski definition) is 1. The minimum absolute atomic E-state index is 0. The monoisotopic (exact) mass is 913 g/mol. The molecule has 0 atom stereocenters. The Morgan fingerprint density at radius 1 is 0.545 bits per heavy atom. The van der Waals surface area contributed by atoms with Crippen molar-refractivity contribution >= 4 is 11.0 Å². The van der Waals surface area contributed by atoms with E-state index in [0.29, 0.717) is 0 Å². The van der Waals surface area contributed by atoms with Crippen molar-refractivity contribution in [1.82, 2.24) is 14.5 Å². The Hall–Kier alpha value is -4.01. The second kappa shape index (κ2) is 14.5. The first kappa shape index (κ1) is 42.1. The smallest absolute Gasteiger partial charge is 0.148 e. The number of phenols is 1. The summed E-state index contributed by atoms with van der Waals surface area (Å²) in [7, 11) is 0. The fourth-order valence-electron chi connectivity index (χ4n) is 6.98.